The van der Waals surface area contributed by atoms with Crippen LogP contribution in [0.3, 0.4) is 0 Å². The first-order valence-electron chi connectivity index (χ1n) is 9.31. The van der Waals surface area contributed by atoms with E-state index < -0.39 is 10.9 Å². The minimum atomic E-state index is -0.971. The number of carboxylic acids is 1. The highest BCUT2D eigenvalue weighted by Crippen LogP contribution is 2.23. The summed E-state index contributed by atoms with van der Waals surface area (Å²) in [7, 11) is 0. The van der Waals surface area contributed by atoms with Crippen molar-refractivity contribution in [3.63, 3.8) is 0 Å². The number of pyridine rings is 1. The van der Waals surface area contributed by atoms with E-state index in [-0.39, 0.29) is 17.1 Å². The lowest BCUT2D eigenvalue weighted by Crippen LogP contribution is -2.01. The zero-order valence-electron chi connectivity index (χ0n) is 16.2. The molecule has 0 unspecified atom stereocenters. The summed E-state index contributed by atoms with van der Waals surface area (Å²) in [6, 6.07) is 17.4. The van der Waals surface area contributed by atoms with E-state index >= 15 is 0 Å². The molecule has 4 aromatic rings. The van der Waals surface area contributed by atoms with Crippen LogP contribution >= 0.6 is 0 Å². The van der Waals surface area contributed by atoms with Gasteiger partial charge in [0.15, 0.2) is 0 Å². The highest BCUT2D eigenvalue weighted by atomic mass is 16.6. The molecule has 0 radical (unpaired) electrons. The number of benzene rings is 2. The van der Waals surface area contributed by atoms with Crippen LogP contribution in [0, 0.1) is 10.1 Å². The van der Waals surface area contributed by atoms with E-state index in [1.54, 1.807) is 24.4 Å². The molecule has 31 heavy (non-hydrogen) atoms. The van der Waals surface area contributed by atoms with Crippen LogP contribution in [0.1, 0.15) is 21.5 Å². The average molecular weight is 415 g/mol. The molecule has 9 nitrogen and oxygen atoms in total. The van der Waals surface area contributed by atoms with Gasteiger partial charge in [0.05, 0.1) is 16.7 Å². The fourth-order valence-electron chi connectivity index (χ4n) is 3.30. The number of rotatable bonds is 7. The number of para-hydroxylation sites is 1. The fraction of sp³-hybridized carbons (Fsp3) is 0.0455. The minimum absolute atomic E-state index is 0.0537. The number of nitrogens with one attached hydrogen (secondary N) is 1. The summed E-state index contributed by atoms with van der Waals surface area (Å²) in [4.78, 5) is 25.8. The van der Waals surface area contributed by atoms with Gasteiger partial charge in [0.25, 0.3) is 0 Å². The van der Waals surface area contributed by atoms with Crippen molar-refractivity contribution >= 4 is 34.6 Å². The van der Waals surface area contributed by atoms with E-state index in [1.165, 1.54) is 18.3 Å². The molecule has 2 heterocycles. The quantitative estimate of drug-likeness (QED) is 0.266. The van der Waals surface area contributed by atoms with E-state index in [0.29, 0.717) is 6.54 Å². The number of aromatic carboxylic acids is 1. The monoisotopic (exact) mass is 415 g/mol. The molecular weight excluding hydrogens is 398 g/mol. The Kier molecular flexibility index (Phi) is 5.39. The number of nitrogens with zero attached hydrogens (tertiary/aromatic N) is 4. The minimum Gasteiger partial charge on any atom is -0.478 e. The molecule has 0 amide bonds. The van der Waals surface area contributed by atoms with Crippen LogP contribution in [0.2, 0.25) is 0 Å². The Hall–Kier alpha value is -4.53. The molecule has 9 heteroatoms. The highest BCUT2D eigenvalue weighted by Gasteiger charge is 2.13. The van der Waals surface area contributed by atoms with Crippen molar-refractivity contribution in [3.05, 3.63) is 99.9 Å². The molecule has 0 aliphatic carbocycles. The zero-order chi connectivity index (χ0) is 21.8. The fourth-order valence-corrected chi connectivity index (χ4v) is 3.30. The molecular formula is C22H17N5O4. The predicted molar refractivity (Wildman–Crippen MR) is 117 cm³/mol. The lowest BCUT2D eigenvalue weighted by molar-refractivity contribution is -0.384. The van der Waals surface area contributed by atoms with Gasteiger partial charge in [-0.1, -0.05) is 30.3 Å². The second-order valence-corrected chi connectivity index (χ2v) is 6.73. The number of carboxylic acid groups (broad SMARTS) is 1. The van der Waals surface area contributed by atoms with E-state index in [0.717, 1.165) is 22.0 Å². The Bertz CT molecular complexity index is 1310. The second-order valence-electron chi connectivity index (χ2n) is 6.73. The van der Waals surface area contributed by atoms with Crippen molar-refractivity contribution < 1.29 is 14.8 Å². The van der Waals surface area contributed by atoms with E-state index in [4.69, 9.17) is 0 Å². The SMILES string of the molecule is O=C(O)c1cccc(Cn2cc(/C=N\Nc3ncccc3[N+](=O)[O-])c3ccccc32)c1. The Morgan fingerprint density at radius 2 is 2.03 bits per heavy atom. The smallest absolute Gasteiger partial charge is 0.335 e. The molecule has 154 valence electrons. The van der Waals surface area contributed by atoms with Gasteiger partial charge in [0, 0.05) is 41.5 Å². The van der Waals surface area contributed by atoms with Gasteiger partial charge >= 0.3 is 11.7 Å². The number of hydrogen-bond acceptors (Lipinski definition) is 6. The van der Waals surface area contributed by atoms with Crippen molar-refractivity contribution in [2.45, 2.75) is 6.54 Å². The molecule has 2 N–H and O–H groups in total. The summed E-state index contributed by atoms with van der Waals surface area (Å²) in [5.74, 6) is -0.917. The van der Waals surface area contributed by atoms with Crippen LogP contribution in [-0.4, -0.2) is 31.8 Å². The van der Waals surface area contributed by atoms with Crippen LogP contribution in [0.4, 0.5) is 11.5 Å². The van der Waals surface area contributed by atoms with Crippen molar-refractivity contribution in [1.82, 2.24) is 9.55 Å². The van der Waals surface area contributed by atoms with Crippen LogP contribution in [0.25, 0.3) is 10.9 Å². The molecule has 0 saturated heterocycles. The molecule has 0 saturated carbocycles. The first kappa shape index (κ1) is 19.8. The molecule has 0 aliphatic rings. The van der Waals surface area contributed by atoms with Crippen molar-refractivity contribution in [2.75, 3.05) is 5.43 Å². The Balaban J connectivity index is 1.63. The maximum Gasteiger partial charge on any atom is 0.335 e. The van der Waals surface area contributed by atoms with Crippen molar-refractivity contribution in [3.8, 4) is 0 Å². The van der Waals surface area contributed by atoms with Crippen LogP contribution in [0.5, 0.6) is 0 Å². The van der Waals surface area contributed by atoms with Crippen molar-refractivity contribution in [2.24, 2.45) is 5.10 Å². The van der Waals surface area contributed by atoms with E-state index in [1.807, 2.05) is 41.1 Å². The Labute approximate surface area is 176 Å². The summed E-state index contributed by atoms with van der Waals surface area (Å²) in [6.45, 7) is 0.481. The third-order valence-electron chi connectivity index (χ3n) is 4.70. The van der Waals surface area contributed by atoms with Crippen LogP contribution in [-0.2, 0) is 6.54 Å². The van der Waals surface area contributed by atoms with Gasteiger partial charge in [-0.25, -0.2) is 9.78 Å². The summed E-state index contributed by atoms with van der Waals surface area (Å²) < 4.78 is 2.00. The third kappa shape index (κ3) is 4.25. The normalized spacial score (nSPS) is 11.1. The van der Waals surface area contributed by atoms with E-state index in [2.05, 4.69) is 15.5 Å². The standard InChI is InChI=1S/C22H17N5O4/c28-22(29)16-6-3-5-15(11-16)13-26-14-17(18-7-1-2-8-19(18)26)12-24-25-21-20(27(30)31)9-4-10-23-21/h1-12,14H,13H2,(H,23,25)(H,28,29)/b24-12-. The molecule has 0 bridgehead atoms. The Morgan fingerprint density at radius 3 is 2.84 bits per heavy atom. The summed E-state index contributed by atoms with van der Waals surface area (Å²) in [6.07, 6.45) is 4.92. The average Bonchev–Trinajstić information content (AvgIpc) is 3.11. The number of anilines is 1. The second kappa shape index (κ2) is 8.46. The van der Waals surface area contributed by atoms with Gasteiger partial charge in [0.1, 0.15) is 0 Å². The van der Waals surface area contributed by atoms with Gasteiger partial charge in [-0.2, -0.15) is 5.10 Å². The number of carbonyl (C=O) groups is 1. The molecule has 0 aliphatic heterocycles. The number of fused-ring (bicyclic) bond motifs is 1. The molecule has 0 spiro atoms. The lowest BCUT2D eigenvalue weighted by Gasteiger charge is -2.06. The maximum absolute atomic E-state index is 11.2. The summed E-state index contributed by atoms with van der Waals surface area (Å²) in [5.41, 5.74) is 5.30. The number of hydrazone groups is 1. The van der Waals surface area contributed by atoms with Crippen LogP contribution in [0.15, 0.2) is 78.2 Å². The highest BCUT2D eigenvalue weighted by molar-refractivity contribution is 5.99. The number of nitro groups is 1. The first-order valence-corrected chi connectivity index (χ1v) is 9.31. The van der Waals surface area contributed by atoms with Gasteiger partial charge in [0.2, 0.25) is 5.82 Å². The summed E-state index contributed by atoms with van der Waals surface area (Å²) in [5, 5.41) is 25.4. The predicted octanol–water partition coefficient (Wildman–Crippen LogP) is 4.14. The topological polar surface area (TPSA) is 123 Å². The van der Waals surface area contributed by atoms with Crippen molar-refractivity contribution in [1.29, 1.82) is 0 Å². The van der Waals surface area contributed by atoms with Gasteiger partial charge < -0.3 is 9.67 Å². The van der Waals surface area contributed by atoms with Gasteiger partial charge in [-0.15, -0.1) is 0 Å². The molecule has 2 aromatic carbocycles. The van der Waals surface area contributed by atoms with Crippen LogP contribution < -0.4 is 5.43 Å². The molecule has 0 fully saturated rings. The van der Waals surface area contributed by atoms with Gasteiger partial charge in [-0.05, 0) is 29.8 Å². The first-order chi connectivity index (χ1) is 15.0. The maximum atomic E-state index is 11.2. The summed E-state index contributed by atoms with van der Waals surface area (Å²) >= 11 is 0. The molecule has 2 aromatic heterocycles. The largest absolute Gasteiger partial charge is 0.478 e. The molecule has 4 rings (SSSR count). The Morgan fingerprint density at radius 1 is 1.19 bits per heavy atom. The third-order valence-corrected chi connectivity index (χ3v) is 4.70. The molecule has 0 atom stereocenters. The number of hydrogen-bond donors (Lipinski definition) is 2. The van der Waals surface area contributed by atoms with Gasteiger partial charge in [-0.3, -0.25) is 15.5 Å². The number of aromatic nitrogens is 2. The zero-order valence-corrected chi connectivity index (χ0v) is 16.2. The lowest BCUT2D eigenvalue weighted by atomic mass is 10.1. The van der Waals surface area contributed by atoms with E-state index in [9.17, 15) is 20.0 Å².